The van der Waals surface area contributed by atoms with Crippen LogP contribution in [0.4, 0.5) is 0 Å². The van der Waals surface area contributed by atoms with E-state index < -0.39 is 5.97 Å². The molecule has 1 aromatic heterocycles. The highest BCUT2D eigenvalue weighted by Crippen LogP contribution is 2.22. The summed E-state index contributed by atoms with van der Waals surface area (Å²) in [6.07, 6.45) is 7.53. The summed E-state index contributed by atoms with van der Waals surface area (Å²) in [6, 6.07) is 3.03. The molecule has 2 rings (SSSR count). The third kappa shape index (κ3) is 5.63. The molecule has 2 heterocycles. The number of ketones is 1. The van der Waals surface area contributed by atoms with Gasteiger partial charge in [0, 0.05) is 25.2 Å². The minimum Gasteiger partial charge on any atom is -0.497 e. The molecule has 1 aliphatic rings. The second-order valence-electron chi connectivity index (χ2n) is 6.68. The summed E-state index contributed by atoms with van der Waals surface area (Å²) >= 11 is 0. The van der Waals surface area contributed by atoms with Gasteiger partial charge < -0.3 is 14.4 Å². The molecule has 1 fully saturated rings. The lowest BCUT2D eigenvalue weighted by atomic mass is 9.89. The molecule has 1 amide bonds. The Morgan fingerprint density at radius 1 is 1.14 bits per heavy atom. The monoisotopic (exact) mass is 398 g/mol. The third-order valence-electron chi connectivity index (χ3n) is 4.88. The first-order valence-electron chi connectivity index (χ1n) is 9.34. The lowest BCUT2D eigenvalue weighted by Gasteiger charge is -2.31. The molecule has 1 saturated heterocycles. The molecule has 0 spiro atoms. The maximum Gasteiger partial charge on any atom is 0.339 e. The molecule has 0 atom stereocenters. The summed E-state index contributed by atoms with van der Waals surface area (Å²) in [7, 11) is 2.83. The molecular formula is C22H26N2O5. The number of likely N-dealkylation sites (tertiary alicyclic amines) is 1. The zero-order valence-corrected chi connectivity index (χ0v) is 17.0. The molecule has 7 nitrogen and oxygen atoms in total. The Hall–Kier alpha value is -3.22. The van der Waals surface area contributed by atoms with Crippen LogP contribution in [0.1, 0.15) is 40.6 Å². The zero-order valence-electron chi connectivity index (χ0n) is 17.0. The molecule has 0 aliphatic carbocycles. The fourth-order valence-electron chi connectivity index (χ4n) is 3.10. The SMILES string of the molecule is C=C/C(=C\C=C(/C)C(=O)C1CCN(C(=O)c2ccc(C(=O)OC)cn2)CC1)OC. The van der Waals surface area contributed by atoms with Crippen LogP contribution in [0.15, 0.2) is 54.5 Å². The Kier molecular flexibility index (Phi) is 7.88. The highest BCUT2D eigenvalue weighted by Gasteiger charge is 2.28. The van der Waals surface area contributed by atoms with Crippen molar-refractivity contribution < 1.29 is 23.9 Å². The molecular weight excluding hydrogens is 372 g/mol. The number of aromatic nitrogens is 1. The fraction of sp³-hybridized carbons (Fsp3) is 0.364. The molecule has 1 aromatic rings. The van der Waals surface area contributed by atoms with Crippen molar-refractivity contribution in [2.24, 2.45) is 5.92 Å². The van der Waals surface area contributed by atoms with Crippen LogP contribution in [0.5, 0.6) is 0 Å². The van der Waals surface area contributed by atoms with Gasteiger partial charge in [-0.15, -0.1) is 0 Å². The number of ether oxygens (including phenoxy) is 2. The maximum atomic E-state index is 12.6. The van der Waals surface area contributed by atoms with Gasteiger partial charge in [-0.1, -0.05) is 12.7 Å². The van der Waals surface area contributed by atoms with E-state index in [0.717, 1.165) is 0 Å². The average Bonchev–Trinajstić information content (AvgIpc) is 2.78. The molecule has 29 heavy (non-hydrogen) atoms. The van der Waals surface area contributed by atoms with Gasteiger partial charge in [0.1, 0.15) is 11.5 Å². The van der Waals surface area contributed by atoms with Gasteiger partial charge in [-0.2, -0.15) is 0 Å². The first kappa shape index (κ1) is 22.1. The standard InChI is InChI=1S/C22H26N2O5/c1-5-18(28-3)8-6-15(2)20(25)16-10-12-24(13-11-16)21(26)19-9-7-17(14-23-19)22(27)29-4/h5-9,14,16H,1,10-13H2,2-4H3/b15-6+,18-8+. The van der Waals surface area contributed by atoms with E-state index in [2.05, 4.69) is 16.3 Å². The minimum atomic E-state index is -0.500. The van der Waals surface area contributed by atoms with E-state index in [1.165, 1.54) is 25.4 Å². The Morgan fingerprint density at radius 3 is 2.34 bits per heavy atom. The number of piperidine rings is 1. The first-order chi connectivity index (χ1) is 13.9. The van der Waals surface area contributed by atoms with Crippen molar-refractivity contribution >= 4 is 17.7 Å². The highest BCUT2D eigenvalue weighted by atomic mass is 16.5. The normalized spacial score (nSPS) is 15.6. The van der Waals surface area contributed by atoms with Crippen LogP contribution in [0.3, 0.4) is 0 Å². The maximum absolute atomic E-state index is 12.6. The Morgan fingerprint density at radius 2 is 1.83 bits per heavy atom. The van der Waals surface area contributed by atoms with Crippen LogP contribution in [-0.2, 0) is 14.3 Å². The summed E-state index contributed by atoms with van der Waals surface area (Å²) in [6.45, 7) is 6.38. The number of allylic oxidation sites excluding steroid dienone is 4. The predicted molar refractivity (Wildman–Crippen MR) is 108 cm³/mol. The van der Waals surface area contributed by atoms with Gasteiger partial charge in [-0.05, 0) is 49.6 Å². The van der Waals surface area contributed by atoms with Crippen LogP contribution < -0.4 is 0 Å². The third-order valence-corrected chi connectivity index (χ3v) is 4.88. The van der Waals surface area contributed by atoms with E-state index in [1.54, 1.807) is 37.2 Å². The summed E-state index contributed by atoms with van der Waals surface area (Å²) in [5.74, 6) is -0.164. The van der Waals surface area contributed by atoms with Crippen LogP contribution in [0.2, 0.25) is 0 Å². The topological polar surface area (TPSA) is 85.8 Å². The van der Waals surface area contributed by atoms with Gasteiger partial charge in [-0.3, -0.25) is 14.6 Å². The zero-order chi connectivity index (χ0) is 21.4. The fourth-order valence-corrected chi connectivity index (χ4v) is 3.10. The number of carbonyl (C=O) groups excluding carboxylic acids is 3. The first-order valence-corrected chi connectivity index (χ1v) is 9.34. The summed E-state index contributed by atoms with van der Waals surface area (Å²) in [5.41, 5.74) is 1.20. The minimum absolute atomic E-state index is 0.0772. The number of rotatable bonds is 7. The van der Waals surface area contributed by atoms with Crippen LogP contribution in [0.25, 0.3) is 0 Å². The van der Waals surface area contributed by atoms with E-state index in [4.69, 9.17) is 4.74 Å². The second kappa shape index (κ2) is 10.4. The largest absolute Gasteiger partial charge is 0.497 e. The second-order valence-corrected chi connectivity index (χ2v) is 6.68. The Balaban J connectivity index is 1.96. The quantitative estimate of drug-likeness (QED) is 0.304. The predicted octanol–water partition coefficient (Wildman–Crippen LogP) is 2.95. The van der Waals surface area contributed by atoms with E-state index in [-0.39, 0.29) is 28.9 Å². The number of carbonyl (C=O) groups is 3. The van der Waals surface area contributed by atoms with Crippen molar-refractivity contribution in [2.45, 2.75) is 19.8 Å². The van der Waals surface area contributed by atoms with Crippen molar-refractivity contribution in [1.82, 2.24) is 9.88 Å². The lowest BCUT2D eigenvalue weighted by Crippen LogP contribution is -2.40. The lowest BCUT2D eigenvalue weighted by molar-refractivity contribution is -0.120. The van der Waals surface area contributed by atoms with Gasteiger partial charge in [-0.25, -0.2) is 4.79 Å². The summed E-state index contributed by atoms with van der Waals surface area (Å²) in [4.78, 5) is 42.5. The van der Waals surface area contributed by atoms with Crippen LogP contribution >= 0.6 is 0 Å². The number of esters is 1. The number of methoxy groups -OCH3 is 2. The molecule has 0 unspecified atom stereocenters. The van der Waals surface area contributed by atoms with Gasteiger partial charge in [0.15, 0.2) is 5.78 Å². The summed E-state index contributed by atoms with van der Waals surface area (Å²) < 4.78 is 9.72. The highest BCUT2D eigenvalue weighted by molar-refractivity contribution is 5.97. The average molecular weight is 398 g/mol. The van der Waals surface area contributed by atoms with Crippen LogP contribution in [-0.4, -0.2) is 54.9 Å². The number of hydrogen-bond acceptors (Lipinski definition) is 6. The number of nitrogens with zero attached hydrogens (tertiary/aromatic N) is 2. The van der Waals surface area contributed by atoms with Gasteiger partial charge in [0.25, 0.3) is 5.91 Å². The van der Waals surface area contributed by atoms with E-state index >= 15 is 0 Å². The van der Waals surface area contributed by atoms with E-state index in [9.17, 15) is 14.4 Å². The van der Waals surface area contributed by atoms with E-state index in [1.807, 2.05) is 0 Å². The number of Topliss-reactive ketones (excluding diaryl/α,β-unsaturated/α-hetero) is 1. The van der Waals surface area contributed by atoms with Crippen molar-refractivity contribution in [3.63, 3.8) is 0 Å². The number of pyridine rings is 1. The number of amides is 1. The molecule has 7 heteroatoms. The van der Waals surface area contributed by atoms with Gasteiger partial charge in [0.2, 0.25) is 0 Å². The molecule has 0 bridgehead atoms. The number of hydrogen-bond donors (Lipinski definition) is 0. The molecule has 154 valence electrons. The molecule has 1 aliphatic heterocycles. The Bertz CT molecular complexity index is 831. The van der Waals surface area contributed by atoms with Gasteiger partial charge >= 0.3 is 5.97 Å². The van der Waals surface area contributed by atoms with Crippen LogP contribution in [0, 0.1) is 5.92 Å². The molecule has 0 saturated carbocycles. The Labute approximate surface area is 170 Å². The van der Waals surface area contributed by atoms with Crippen molar-refractivity contribution in [3.8, 4) is 0 Å². The van der Waals surface area contributed by atoms with Crippen molar-refractivity contribution in [3.05, 3.63) is 65.7 Å². The molecule has 0 N–H and O–H groups in total. The smallest absolute Gasteiger partial charge is 0.339 e. The van der Waals surface area contributed by atoms with E-state index in [0.29, 0.717) is 37.3 Å². The molecule has 0 radical (unpaired) electrons. The van der Waals surface area contributed by atoms with Gasteiger partial charge in [0.05, 0.1) is 19.8 Å². The summed E-state index contributed by atoms with van der Waals surface area (Å²) in [5, 5.41) is 0. The van der Waals surface area contributed by atoms with Crippen molar-refractivity contribution in [1.29, 1.82) is 0 Å². The molecule has 0 aromatic carbocycles. The van der Waals surface area contributed by atoms with Crippen molar-refractivity contribution in [2.75, 3.05) is 27.3 Å².